The maximum absolute atomic E-state index is 5.62. The molecule has 0 aromatic carbocycles. The zero-order valence-electron chi connectivity index (χ0n) is 13.5. The van der Waals surface area contributed by atoms with E-state index in [9.17, 15) is 0 Å². The highest BCUT2D eigenvalue weighted by Crippen LogP contribution is 2.16. The molecule has 0 saturated carbocycles. The number of ether oxygens (including phenoxy) is 2. The average molecular weight is 306 g/mol. The lowest BCUT2D eigenvalue weighted by Gasteiger charge is -2.21. The third-order valence-electron chi connectivity index (χ3n) is 3.64. The Labute approximate surface area is 132 Å². The summed E-state index contributed by atoms with van der Waals surface area (Å²) in [5, 5.41) is 3.35. The largest absolute Gasteiger partial charge is 0.490 e. The van der Waals surface area contributed by atoms with Gasteiger partial charge in [-0.05, 0) is 25.5 Å². The van der Waals surface area contributed by atoms with E-state index >= 15 is 0 Å². The quantitative estimate of drug-likeness (QED) is 0.469. The van der Waals surface area contributed by atoms with Crippen LogP contribution in [0.1, 0.15) is 13.3 Å². The van der Waals surface area contributed by atoms with Gasteiger partial charge in [-0.2, -0.15) is 0 Å². The minimum atomic E-state index is 0.584. The predicted molar refractivity (Wildman–Crippen MR) is 87.3 cm³/mol. The lowest BCUT2D eigenvalue weighted by atomic mass is 10.1. The predicted octanol–water partition coefficient (Wildman–Crippen LogP) is 1.39. The van der Waals surface area contributed by atoms with Crippen LogP contribution in [0.25, 0.3) is 0 Å². The first-order valence-electron chi connectivity index (χ1n) is 7.89. The number of likely N-dealkylation sites (tertiary alicyclic amines) is 1. The molecule has 1 saturated heterocycles. The highest BCUT2D eigenvalue weighted by atomic mass is 16.5. The minimum Gasteiger partial charge on any atom is -0.490 e. The number of hydrogen-bond donors (Lipinski definition) is 1. The summed E-state index contributed by atoms with van der Waals surface area (Å²) in [6, 6.07) is 3.77. The summed E-state index contributed by atoms with van der Waals surface area (Å²) in [5.41, 5.74) is 0. The van der Waals surface area contributed by atoms with Crippen molar-refractivity contribution in [2.45, 2.75) is 13.3 Å². The molecule has 22 heavy (non-hydrogen) atoms. The molecule has 1 N–H and O–H groups in total. The lowest BCUT2D eigenvalue weighted by Crippen LogP contribution is -2.41. The van der Waals surface area contributed by atoms with Crippen LogP contribution in [0.3, 0.4) is 0 Å². The average Bonchev–Trinajstić information content (AvgIpc) is 3.02. The summed E-state index contributed by atoms with van der Waals surface area (Å²) in [7, 11) is 1.82. The fourth-order valence-corrected chi connectivity index (χ4v) is 2.54. The maximum atomic E-state index is 5.62. The molecule has 0 aliphatic carbocycles. The van der Waals surface area contributed by atoms with Crippen molar-refractivity contribution in [2.75, 3.05) is 46.5 Å². The monoisotopic (exact) mass is 306 g/mol. The molecule has 1 atom stereocenters. The van der Waals surface area contributed by atoms with E-state index in [0.717, 1.165) is 44.4 Å². The fraction of sp³-hybridized carbons (Fsp3) is 0.625. The molecular formula is C16H26N4O2. The molecule has 122 valence electrons. The van der Waals surface area contributed by atoms with Crippen molar-refractivity contribution >= 4 is 5.96 Å². The van der Waals surface area contributed by atoms with E-state index in [2.05, 4.69) is 20.2 Å². The molecule has 6 nitrogen and oxygen atoms in total. The smallest absolute Gasteiger partial charge is 0.193 e. The Bertz CT molecular complexity index is 453. The summed E-state index contributed by atoms with van der Waals surface area (Å²) in [6.07, 6.45) is 4.61. The Morgan fingerprint density at radius 1 is 1.55 bits per heavy atom. The Morgan fingerprint density at radius 2 is 2.45 bits per heavy atom. The third-order valence-corrected chi connectivity index (χ3v) is 3.64. The second kappa shape index (κ2) is 9.25. The van der Waals surface area contributed by atoms with E-state index in [-0.39, 0.29) is 0 Å². The summed E-state index contributed by atoms with van der Waals surface area (Å²) >= 11 is 0. The van der Waals surface area contributed by atoms with Gasteiger partial charge in [0.05, 0.1) is 19.3 Å². The molecule has 0 bridgehead atoms. The molecule has 1 aliphatic rings. The van der Waals surface area contributed by atoms with Crippen LogP contribution in [0, 0.1) is 5.92 Å². The van der Waals surface area contributed by atoms with E-state index in [1.165, 1.54) is 0 Å². The number of pyridine rings is 1. The second-order valence-electron chi connectivity index (χ2n) is 5.27. The van der Waals surface area contributed by atoms with Crippen LogP contribution >= 0.6 is 0 Å². The Kier molecular flexibility index (Phi) is 6.96. The number of aromatic nitrogens is 1. The summed E-state index contributed by atoms with van der Waals surface area (Å²) in [4.78, 5) is 10.7. The molecule has 6 heteroatoms. The molecule has 0 radical (unpaired) electrons. The van der Waals surface area contributed by atoms with Gasteiger partial charge in [-0.1, -0.05) is 0 Å². The summed E-state index contributed by atoms with van der Waals surface area (Å²) in [6.45, 7) is 7.00. The van der Waals surface area contributed by atoms with Crippen LogP contribution < -0.4 is 10.1 Å². The van der Waals surface area contributed by atoms with Crippen molar-refractivity contribution in [2.24, 2.45) is 10.9 Å². The maximum Gasteiger partial charge on any atom is 0.193 e. The van der Waals surface area contributed by atoms with Gasteiger partial charge in [-0.25, -0.2) is 0 Å². The number of aliphatic imine (C=N–C) groups is 1. The number of guanidine groups is 1. The van der Waals surface area contributed by atoms with E-state index in [1.54, 1.807) is 12.4 Å². The molecule has 0 spiro atoms. The fourth-order valence-electron chi connectivity index (χ4n) is 2.54. The van der Waals surface area contributed by atoms with Crippen molar-refractivity contribution < 1.29 is 9.47 Å². The van der Waals surface area contributed by atoms with E-state index in [0.29, 0.717) is 19.1 Å². The zero-order chi connectivity index (χ0) is 15.6. The van der Waals surface area contributed by atoms with Gasteiger partial charge < -0.3 is 19.7 Å². The lowest BCUT2D eigenvalue weighted by molar-refractivity contribution is 0.114. The van der Waals surface area contributed by atoms with Gasteiger partial charge >= 0.3 is 0 Å². The highest BCUT2D eigenvalue weighted by molar-refractivity contribution is 5.80. The number of nitrogens with zero attached hydrogens (tertiary/aromatic N) is 3. The van der Waals surface area contributed by atoms with Crippen LogP contribution in [-0.4, -0.2) is 62.3 Å². The molecule has 1 aromatic rings. The molecule has 1 aromatic heterocycles. The first-order chi connectivity index (χ1) is 10.8. The van der Waals surface area contributed by atoms with Crippen LogP contribution in [-0.2, 0) is 4.74 Å². The summed E-state index contributed by atoms with van der Waals surface area (Å²) < 4.78 is 11.1. The van der Waals surface area contributed by atoms with Gasteiger partial charge in [-0.3, -0.25) is 9.98 Å². The molecule has 0 amide bonds. The van der Waals surface area contributed by atoms with Crippen LogP contribution in [0.2, 0.25) is 0 Å². The van der Waals surface area contributed by atoms with Crippen molar-refractivity contribution in [3.8, 4) is 5.75 Å². The van der Waals surface area contributed by atoms with Gasteiger partial charge in [0.15, 0.2) is 5.96 Å². The first-order valence-corrected chi connectivity index (χ1v) is 7.89. The molecule has 1 fully saturated rings. The SMILES string of the molecule is CCOCC1CCN(C(=NC)NCCOc2cccnc2)C1. The highest BCUT2D eigenvalue weighted by Gasteiger charge is 2.24. The van der Waals surface area contributed by atoms with E-state index in [4.69, 9.17) is 9.47 Å². The van der Waals surface area contributed by atoms with Gasteiger partial charge in [0.2, 0.25) is 0 Å². The van der Waals surface area contributed by atoms with Crippen molar-refractivity contribution in [1.82, 2.24) is 15.2 Å². The number of hydrogen-bond acceptors (Lipinski definition) is 4. The van der Waals surface area contributed by atoms with Crippen LogP contribution in [0.5, 0.6) is 5.75 Å². The van der Waals surface area contributed by atoms with Crippen molar-refractivity contribution in [3.63, 3.8) is 0 Å². The van der Waals surface area contributed by atoms with Crippen molar-refractivity contribution in [3.05, 3.63) is 24.5 Å². The second-order valence-corrected chi connectivity index (χ2v) is 5.27. The van der Waals surface area contributed by atoms with E-state index in [1.807, 2.05) is 26.1 Å². The Balaban J connectivity index is 1.67. The molecule has 2 rings (SSSR count). The first kappa shape index (κ1) is 16.5. The Hall–Kier alpha value is -1.82. The van der Waals surface area contributed by atoms with Gasteiger partial charge in [0, 0.05) is 38.9 Å². The Morgan fingerprint density at radius 3 is 3.18 bits per heavy atom. The van der Waals surface area contributed by atoms with Gasteiger partial charge in [-0.15, -0.1) is 0 Å². The molecule has 2 heterocycles. The van der Waals surface area contributed by atoms with Crippen LogP contribution in [0.15, 0.2) is 29.5 Å². The standard InChI is InChI=1S/C16H26N4O2/c1-3-21-13-14-6-9-20(12-14)16(17-2)19-8-10-22-15-5-4-7-18-11-15/h4-5,7,11,14H,3,6,8-10,12-13H2,1-2H3,(H,17,19). The number of nitrogens with one attached hydrogen (secondary N) is 1. The van der Waals surface area contributed by atoms with Gasteiger partial charge in [0.1, 0.15) is 12.4 Å². The third kappa shape index (κ3) is 5.18. The summed E-state index contributed by atoms with van der Waals surface area (Å²) in [5.74, 6) is 2.33. The van der Waals surface area contributed by atoms with Gasteiger partial charge in [0.25, 0.3) is 0 Å². The zero-order valence-corrected chi connectivity index (χ0v) is 13.5. The molecule has 1 aliphatic heterocycles. The number of rotatable bonds is 7. The molecular weight excluding hydrogens is 280 g/mol. The minimum absolute atomic E-state index is 0.584. The van der Waals surface area contributed by atoms with Crippen molar-refractivity contribution in [1.29, 1.82) is 0 Å². The normalized spacial score (nSPS) is 18.5. The van der Waals surface area contributed by atoms with E-state index < -0.39 is 0 Å². The molecule has 1 unspecified atom stereocenters. The topological polar surface area (TPSA) is 59.0 Å². The van der Waals surface area contributed by atoms with Crippen LogP contribution in [0.4, 0.5) is 0 Å².